The second-order valence-electron chi connectivity index (χ2n) is 5.03. The molecule has 0 spiro atoms. The molecule has 0 aliphatic heterocycles. The van der Waals surface area contributed by atoms with Crippen molar-refractivity contribution in [2.45, 2.75) is 13.3 Å². The van der Waals surface area contributed by atoms with Crippen LogP contribution in [-0.4, -0.2) is 38.3 Å². The van der Waals surface area contributed by atoms with Crippen molar-refractivity contribution in [3.05, 3.63) is 48.3 Å². The fourth-order valence-corrected chi connectivity index (χ4v) is 2.21. The number of rotatable bonds is 7. The summed E-state index contributed by atoms with van der Waals surface area (Å²) in [6, 6.07) is 9.70. The van der Waals surface area contributed by atoms with Crippen molar-refractivity contribution in [3.8, 4) is 11.5 Å². The van der Waals surface area contributed by atoms with Crippen LogP contribution in [0.4, 0.5) is 5.69 Å². The van der Waals surface area contributed by atoms with Gasteiger partial charge in [-0.25, -0.2) is 0 Å². The van der Waals surface area contributed by atoms with Gasteiger partial charge in [-0.2, -0.15) is 0 Å². The number of ether oxygens (including phenoxy) is 2. The fourth-order valence-electron chi connectivity index (χ4n) is 2.21. The number of methoxy groups -OCH3 is 1. The summed E-state index contributed by atoms with van der Waals surface area (Å²) in [5, 5.41) is 6.53. The minimum atomic E-state index is 0. The Balaban J connectivity index is 0.00000312. The molecule has 0 bridgehead atoms. The van der Waals surface area contributed by atoms with Crippen LogP contribution in [0.25, 0.3) is 0 Å². The molecule has 6 nitrogen and oxygen atoms in total. The Labute approximate surface area is 166 Å². The average molecular weight is 456 g/mol. The molecule has 1 aromatic heterocycles. The molecule has 0 saturated carbocycles. The first kappa shape index (κ1) is 21.0. The lowest BCUT2D eigenvalue weighted by Gasteiger charge is -2.14. The summed E-state index contributed by atoms with van der Waals surface area (Å²) in [6.07, 6.45) is 4.52. The lowest BCUT2D eigenvalue weighted by molar-refractivity contribution is 0.311. The molecule has 2 rings (SSSR count). The number of aromatic nitrogens is 1. The summed E-state index contributed by atoms with van der Waals surface area (Å²) in [5.74, 6) is 2.11. The summed E-state index contributed by atoms with van der Waals surface area (Å²) < 4.78 is 10.9. The van der Waals surface area contributed by atoms with Crippen LogP contribution in [0.15, 0.2) is 47.7 Å². The highest BCUT2D eigenvalue weighted by Gasteiger charge is 2.06. The number of benzene rings is 1. The number of hydrogen-bond donors (Lipinski definition) is 2. The second kappa shape index (κ2) is 11.5. The monoisotopic (exact) mass is 456 g/mol. The lowest BCUT2D eigenvalue weighted by Crippen LogP contribution is -2.32. The van der Waals surface area contributed by atoms with Crippen molar-refractivity contribution in [1.29, 1.82) is 0 Å². The van der Waals surface area contributed by atoms with Gasteiger partial charge in [0.05, 0.1) is 13.7 Å². The largest absolute Gasteiger partial charge is 0.493 e. The fraction of sp³-hybridized carbons (Fsp3) is 0.333. The van der Waals surface area contributed by atoms with Crippen molar-refractivity contribution in [2.24, 2.45) is 4.99 Å². The van der Waals surface area contributed by atoms with E-state index in [-0.39, 0.29) is 24.0 Å². The second-order valence-corrected chi connectivity index (χ2v) is 5.03. The van der Waals surface area contributed by atoms with Gasteiger partial charge in [0.25, 0.3) is 0 Å². The molecular formula is C18H25IN4O2. The van der Waals surface area contributed by atoms with Crippen molar-refractivity contribution >= 4 is 35.6 Å². The zero-order chi connectivity index (χ0) is 17.2. The van der Waals surface area contributed by atoms with Crippen molar-refractivity contribution in [3.63, 3.8) is 0 Å². The molecule has 25 heavy (non-hydrogen) atoms. The maximum atomic E-state index is 5.52. The first-order valence-corrected chi connectivity index (χ1v) is 7.94. The first-order valence-electron chi connectivity index (χ1n) is 7.94. The van der Waals surface area contributed by atoms with E-state index in [2.05, 4.69) is 26.7 Å². The number of nitrogens with one attached hydrogen (secondary N) is 2. The van der Waals surface area contributed by atoms with E-state index in [4.69, 9.17) is 9.47 Å². The lowest BCUT2D eigenvalue weighted by atomic mass is 10.2. The molecule has 0 aliphatic carbocycles. The zero-order valence-corrected chi connectivity index (χ0v) is 17.1. The molecule has 0 aliphatic rings. The standard InChI is InChI=1S/C18H24N4O2.HI/c1-4-24-16-8-7-15(12-17(16)23-3)22-18(19-2)21-11-9-14-6-5-10-20-13-14;/h5-8,10,12-13H,4,9,11H2,1-3H3,(H2,19,21,22);1H. The van der Waals surface area contributed by atoms with Crippen LogP contribution >= 0.6 is 24.0 Å². The predicted octanol–water partition coefficient (Wildman–Crippen LogP) is 3.34. The highest BCUT2D eigenvalue weighted by Crippen LogP contribution is 2.30. The highest BCUT2D eigenvalue weighted by molar-refractivity contribution is 14.0. The summed E-state index contributed by atoms with van der Waals surface area (Å²) in [7, 11) is 3.37. The molecule has 7 heteroatoms. The molecular weight excluding hydrogens is 431 g/mol. The Morgan fingerprint density at radius 2 is 2.08 bits per heavy atom. The van der Waals surface area contributed by atoms with E-state index >= 15 is 0 Å². The minimum absolute atomic E-state index is 0. The molecule has 0 radical (unpaired) electrons. The van der Waals surface area contributed by atoms with Crippen molar-refractivity contribution in [2.75, 3.05) is 32.6 Å². The SMILES string of the molecule is CCOc1ccc(NC(=NC)NCCc2cccnc2)cc1OC.I. The van der Waals surface area contributed by atoms with E-state index in [1.54, 1.807) is 20.4 Å². The maximum Gasteiger partial charge on any atom is 0.195 e. The topological polar surface area (TPSA) is 67.8 Å². The summed E-state index contributed by atoms with van der Waals surface area (Å²) >= 11 is 0. The van der Waals surface area contributed by atoms with E-state index in [9.17, 15) is 0 Å². The molecule has 0 saturated heterocycles. The van der Waals surface area contributed by atoms with Crippen molar-refractivity contribution < 1.29 is 9.47 Å². The van der Waals surface area contributed by atoms with E-state index in [1.165, 1.54) is 5.56 Å². The molecule has 136 valence electrons. The van der Waals surface area contributed by atoms with E-state index in [0.29, 0.717) is 18.3 Å². The van der Waals surface area contributed by atoms with Crippen LogP contribution in [0.1, 0.15) is 12.5 Å². The summed E-state index contributed by atoms with van der Waals surface area (Å²) in [5.41, 5.74) is 2.06. The third kappa shape index (κ3) is 6.77. The van der Waals surface area contributed by atoms with Gasteiger partial charge in [0.2, 0.25) is 0 Å². The third-order valence-electron chi connectivity index (χ3n) is 3.38. The Bertz CT molecular complexity index is 665. The minimum Gasteiger partial charge on any atom is -0.493 e. The van der Waals surface area contributed by atoms with Gasteiger partial charge >= 0.3 is 0 Å². The summed E-state index contributed by atoms with van der Waals surface area (Å²) in [6.45, 7) is 3.31. The van der Waals surface area contributed by atoms with Crippen LogP contribution in [0, 0.1) is 0 Å². The maximum absolute atomic E-state index is 5.52. The molecule has 2 N–H and O–H groups in total. The Hall–Kier alpha value is -2.03. The number of halogens is 1. The van der Waals surface area contributed by atoms with Gasteiger partial charge in [-0.1, -0.05) is 6.07 Å². The summed E-state index contributed by atoms with van der Waals surface area (Å²) in [4.78, 5) is 8.35. The number of guanidine groups is 1. The van der Waals surface area contributed by atoms with Crippen LogP contribution in [0.2, 0.25) is 0 Å². The molecule has 0 fully saturated rings. The smallest absolute Gasteiger partial charge is 0.195 e. The molecule has 0 amide bonds. The average Bonchev–Trinajstić information content (AvgIpc) is 2.63. The van der Waals surface area contributed by atoms with Gasteiger partial charge in [-0.3, -0.25) is 9.98 Å². The third-order valence-corrected chi connectivity index (χ3v) is 3.38. The van der Waals surface area contributed by atoms with Crippen LogP contribution < -0.4 is 20.1 Å². The van der Waals surface area contributed by atoms with E-state index in [1.807, 2.05) is 37.4 Å². The molecule has 1 aromatic carbocycles. The number of aliphatic imine (C=N–C) groups is 1. The van der Waals surface area contributed by atoms with Gasteiger partial charge < -0.3 is 20.1 Å². The van der Waals surface area contributed by atoms with Gasteiger partial charge in [0, 0.05) is 37.7 Å². The number of nitrogens with zero attached hydrogens (tertiary/aromatic N) is 2. The van der Waals surface area contributed by atoms with Gasteiger partial charge in [-0.05, 0) is 37.1 Å². The molecule has 1 heterocycles. The van der Waals surface area contributed by atoms with Crippen LogP contribution in [0.5, 0.6) is 11.5 Å². The van der Waals surface area contributed by atoms with Gasteiger partial charge in [-0.15, -0.1) is 24.0 Å². The molecule has 2 aromatic rings. The van der Waals surface area contributed by atoms with Crippen LogP contribution in [-0.2, 0) is 6.42 Å². The molecule has 0 unspecified atom stereocenters. The number of hydrogen-bond acceptors (Lipinski definition) is 4. The zero-order valence-electron chi connectivity index (χ0n) is 14.8. The Morgan fingerprint density at radius 3 is 2.72 bits per heavy atom. The van der Waals surface area contributed by atoms with Gasteiger partial charge in [0.1, 0.15) is 0 Å². The van der Waals surface area contributed by atoms with Gasteiger partial charge in [0.15, 0.2) is 17.5 Å². The number of pyridine rings is 1. The van der Waals surface area contributed by atoms with E-state index in [0.717, 1.165) is 24.4 Å². The van der Waals surface area contributed by atoms with E-state index < -0.39 is 0 Å². The van der Waals surface area contributed by atoms with Crippen LogP contribution in [0.3, 0.4) is 0 Å². The quantitative estimate of drug-likeness (QED) is 0.380. The predicted molar refractivity (Wildman–Crippen MR) is 113 cm³/mol. The normalized spacial score (nSPS) is 10.6. The van der Waals surface area contributed by atoms with Crippen molar-refractivity contribution in [1.82, 2.24) is 10.3 Å². The Morgan fingerprint density at radius 1 is 1.24 bits per heavy atom. The highest BCUT2D eigenvalue weighted by atomic mass is 127. The number of anilines is 1. The first-order chi connectivity index (χ1) is 11.8. The Kier molecular flexibility index (Phi) is 9.68. The molecule has 0 atom stereocenters.